The van der Waals surface area contributed by atoms with Gasteiger partial charge in [0.25, 0.3) is 0 Å². The maximum atomic E-state index is 12.8. The molecule has 0 unspecified atom stereocenters. The predicted molar refractivity (Wildman–Crippen MR) is 104 cm³/mol. The van der Waals surface area contributed by atoms with Gasteiger partial charge in [-0.15, -0.1) is 0 Å². The van der Waals surface area contributed by atoms with Crippen molar-refractivity contribution >= 4 is 11.8 Å². The Kier molecular flexibility index (Phi) is 4.65. The molecule has 3 saturated heterocycles. The van der Waals surface area contributed by atoms with E-state index in [9.17, 15) is 9.59 Å². The number of nitrogens with zero attached hydrogens (tertiary/aromatic N) is 3. The first-order valence-corrected chi connectivity index (χ1v) is 10.9. The zero-order chi connectivity index (χ0) is 19.3. The van der Waals surface area contributed by atoms with Gasteiger partial charge in [0.05, 0.1) is 11.7 Å². The van der Waals surface area contributed by atoms with Crippen LogP contribution in [0, 0.1) is 24.7 Å². The molecule has 4 atom stereocenters. The van der Waals surface area contributed by atoms with Crippen molar-refractivity contribution in [3.8, 4) is 0 Å². The summed E-state index contributed by atoms with van der Waals surface area (Å²) in [5.41, 5.74) is 2.18. The lowest BCUT2D eigenvalue weighted by atomic mass is 9.72. The van der Waals surface area contributed by atoms with Crippen LogP contribution in [0.15, 0.2) is 6.07 Å². The number of aromatic amines is 1. The third kappa shape index (κ3) is 3.45. The number of aryl methyl sites for hydroxylation is 1. The molecule has 4 heterocycles. The molecule has 0 radical (unpaired) electrons. The fraction of sp³-hybridized carbons (Fsp3) is 0.762. The summed E-state index contributed by atoms with van der Waals surface area (Å²) in [6.07, 6.45) is 5.98. The number of carbonyl (C=O) groups excluding carboxylic acids is 2. The van der Waals surface area contributed by atoms with E-state index in [2.05, 4.69) is 31.4 Å². The Morgan fingerprint density at radius 1 is 1.29 bits per heavy atom. The van der Waals surface area contributed by atoms with Crippen LogP contribution < -0.4 is 5.32 Å². The SMILES string of the molecule is Cc1cc(CN2C[C@H]3C[C@@H](C2)[C@H](CNC(=O)C2CC2)N2C(=O)CCC[C@@H]32)n[nH]1. The van der Waals surface area contributed by atoms with Crippen LogP contribution in [0.1, 0.15) is 49.9 Å². The minimum atomic E-state index is 0.139. The van der Waals surface area contributed by atoms with Gasteiger partial charge in [-0.3, -0.25) is 19.6 Å². The minimum absolute atomic E-state index is 0.139. The normalized spacial score (nSPS) is 32.9. The molecule has 152 valence electrons. The Balaban J connectivity index is 1.33. The number of amides is 2. The van der Waals surface area contributed by atoms with Crippen molar-refractivity contribution in [3.63, 3.8) is 0 Å². The van der Waals surface area contributed by atoms with E-state index in [4.69, 9.17) is 0 Å². The lowest BCUT2D eigenvalue weighted by Gasteiger charge is -2.56. The number of rotatable bonds is 5. The maximum absolute atomic E-state index is 12.8. The van der Waals surface area contributed by atoms with Gasteiger partial charge in [-0.1, -0.05) is 0 Å². The zero-order valence-electron chi connectivity index (χ0n) is 16.7. The van der Waals surface area contributed by atoms with Gasteiger partial charge in [-0.05, 0) is 56.9 Å². The van der Waals surface area contributed by atoms with Gasteiger partial charge in [-0.25, -0.2) is 0 Å². The number of H-pyrrole nitrogens is 1. The molecule has 1 aromatic rings. The number of likely N-dealkylation sites (tertiary alicyclic amines) is 1. The van der Waals surface area contributed by atoms with Crippen molar-refractivity contribution < 1.29 is 9.59 Å². The Morgan fingerprint density at radius 2 is 2.11 bits per heavy atom. The summed E-state index contributed by atoms with van der Waals surface area (Å²) in [5.74, 6) is 1.67. The molecule has 1 aromatic heterocycles. The summed E-state index contributed by atoms with van der Waals surface area (Å²) >= 11 is 0. The molecule has 1 aliphatic carbocycles. The fourth-order valence-corrected chi connectivity index (χ4v) is 5.74. The zero-order valence-corrected chi connectivity index (χ0v) is 16.7. The monoisotopic (exact) mass is 385 g/mol. The Morgan fingerprint density at radius 3 is 2.86 bits per heavy atom. The molecular weight excluding hydrogens is 354 g/mol. The van der Waals surface area contributed by atoms with Crippen molar-refractivity contribution in [3.05, 3.63) is 17.5 Å². The van der Waals surface area contributed by atoms with E-state index in [0.717, 1.165) is 56.7 Å². The quantitative estimate of drug-likeness (QED) is 0.804. The van der Waals surface area contributed by atoms with Gasteiger partial charge in [0, 0.05) is 50.3 Å². The highest BCUT2D eigenvalue weighted by atomic mass is 16.2. The number of carbonyl (C=O) groups is 2. The first-order valence-electron chi connectivity index (χ1n) is 10.9. The standard InChI is InChI=1S/C21H31N5O2/c1-13-7-17(24-23-13)12-25-10-15-8-16(11-25)19(9-22-21(28)14-5-6-14)26-18(15)3-2-4-20(26)27/h7,14-16,18-19H,2-6,8-12H2,1H3,(H,22,28)(H,23,24)/t15-,16+,18+,19+/m1/s1. The van der Waals surface area contributed by atoms with Crippen LogP contribution in [0.5, 0.6) is 0 Å². The van der Waals surface area contributed by atoms with Crippen LogP contribution >= 0.6 is 0 Å². The van der Waals surface area contributed by atoms with Crippen molar-refractivity contribution in [1.82, 2.24) is 25.3 Å². The summed E-state index contributed by atoms with van der Waals surface area (Å²) < 4.78 is 0. The van der Waals surface area contributed by atoms with Crippen LogP contribution in [-0.4, -0.2) is 63.5 Å². The largest absolute Gasteiger partial charge is 0.354 e. The molecule has 3 aliphatic heterocycles. The van der Waals surface area contributed by atoms with Gasteiger partial charge < -0.3 is 10.2 Å². The minimum Gasteiger partial charge on any atom is -0.354 e. The highest BCUT2D eigenvalue weighted by molar-refractivity contribution is 5.81. The average Bonchev–Trinajstić information content (AvgIpc) is 3.45. The highest BCUT2D eigenvalue weighted by Gasteiger charge is 2.49. The van der Waals surface area contributed by atoms with Crippen LogP contribution in [0.4, 0.5) is 0 Å². The average molecular weight is 386 g/mol. The lowest BCUT2D eigenvalue weighted by molar-refractivity contribution is -0.153. The second kappa shape index (κ2) is 7.17. The molecule has 1 saturated carbocycles. The molecule has 0 spiro atoms. The smallest absolute Gasteiger partial charge is 0.223 e. The third-order valence-corrected chi connectivity index (χ3v) is 7.15. The number of fused-ring (bicyclic) bond motifs is 4. The predicted octanol–water partition coefficient (Wildman–Crippen LogP) is 1.45. The third-order valence-electron chi connectivity index (χ3n) is 7.15. The number of hydrogen-bond donors (Lipinski definition) is 2. The number of nitrogens with one attached hydrogen (secondary N) is 2. The number of piperidine rings is 3. The molecule has 5 rings (SSSR count). The van der Waals surface area contributed by atoms with Crippen LogP contribution in [0.25, 0.3) is 0 Å². The summed E-state index contributed by atoms with van der Waals surface area (Å²) in [4.78, 5) is 29.8. The van der Waals surface area contributed by atoms with Gasteiger partial charge in [0.2, 0.25) is 11.8 Å². The molecule has 2 amide bonds. The molecule has 2 N–H and O–H groups in total. The molecule has 28 heavy (non-hydrogen) atoms. The van der Waals surface area contributed by atoms with E-state index < -0.39 is 0 Å². The molecule has 7 nitrogen and oxygen atoms in total. The Bertz CT molecular complexity index is 758. The topological polar surface area (TPSA) is 81.3 Å². The first kappa shape index (κ1) is 18.2. The Hall–Kier alpha value is -1.89. The summed E-state index contributed by atoms with van der Waals surface area (Å²) in [6.45, 7) is 5.52. The van der Waals surface area contributed by atoms with Gasteiger partial charge in [0.1, 0.15) is 0 Å². The first-order chi connectivity index (χ1) is 13.6. The van der Waals surface area contributed by atoms with Gasteiger partial charge in [-0.2, -0.15) is 5.10 Å². The number of aromatic nitrogens is 2. The van der Waals surface area contributed by atoms with Crippen LogP contribution in [0.2, 0.25) is 0 Å². The molecule has 4 aliphatic rings. The maximum Gasteiger partial charge on any atom is 0.223 e. The molecule has 4 fully saturated rings. The molecular formula is C21H31N5O2. The van der Waals surface area contributed by atoms with Gasteiger partial charge >= 0.3 is 0 Å². The van der Waals surface area contributed by atoms with Gasteiger partial charge in [0.15, 0.2) is 0 Å². The molecule has 2 bridgehead atoms. The second-order valence-corrected chi connectivity index (χ2v) is 9.34. The lowest BCUT2D eigenvalue weighted by Crippen LogP contribution is -2.67. The van der Waals surface area contributed by atoms with Crippen LogP contribution in [-0.2, 0) is 16.1 Å². The van der Waals surface area contributed by atoms with Crippen molar-refractivity contribution in [2.75, 3.05) is 19.6 Å². The van der Waals surface area contributed by atoms with E-state index >= 15 is 0 Å². The molecule has 0 aromatic carbocycles. The summed E-state index contributed by atoms with van der Waals surface area (Å²) in [7, 11) is 0. The van der Waals surface area contributed by atoms with E-state index in [1.54, 1.807) is 0 Å². The fourth-order valence-electron chi connectivity index (χ4n) is 5.74. The number of hydrogen-bond acceptors (Lipinski definition) is 4. The second-order valence-electron chi connectivity index (χ2n) is 9.34. The Labute approximate surface area is 166 Å². The van der Waals surface area contributed by atoms with Crippen molar-refractivity contribution in [1.29, 1.82) is 0 Å². The summed E-state index contributed by atoms with van der Waals surface area (Å²) in [5, 5.41) is 10.6. The van der Waals surface area contributed by atoms with Crippen molar-refractivity contribution in [2.45, 2.75) is 64.1 Å². The summed E-state index contributed by atoms with van der Waals surface area (Å²) in [6, 6.07) is 2.60. The van der Waals surface area contributed by atoms with Crippen molar-refractivity contribution in [2.24, 2.45) is 17.8 Å². The van der Waals surface area contributed by atoms with Crippen LogP contribution in [0.3, 0.4) is 0 Å². The van der Waals surface area contributed by atoms with E-state index in [-0.39, 0.29) is 17.9 Å². The van der Waals surface area contributed by atoms with E-state index in [1.807, 2.05) is 6.92 Å². The van der Waals surface area contributed by atoms with E-state index in [0.29, 0.717) is 36.8 Å². The van der Waals surface area contributed by atoms with E-state index in [1.165, 1.54) is 6.42 Å². The molecule has 7 heteroatoms. The highest BCUT2D eigenvalue weighted by Crippen LogP contribution is 2.41.